The number of nitrogens with zero attached hydrogens (tertiary/aromatic N) is 2. The van der Waals surface area contributed by atoms with Crippen molar-refractivity contribution in [1.82, 2.24) is 0 Å². The van der Waals surface area contributed by atoms with Gasteiger partial charge in [0.2, 0.25) is 0 Å². The molecule has 0 spiro atoms. The lowest BCUT2D eigenvalue weighted by Gasteiger charge is -2.18. The topological polar surface area (TPSA) is 53.5 Å². The van der Waals surface area contributed by atoms with Crippen LogP contribution in [-0.2, 0) is 4.79 Å². The van der Waals surface area contributed by atoms with Crippen molar-refractivity contribution >= 4 is 12.0 Å². The summed E-state index contributed by atoms with van der Waals surface area (Å²) in [6.45, 7) is 2.12. The lowest BCUT2D eigenvalue weighted by atomic mass is 9.82. The van der Waals surface area contributed by atoms with Crippen LogP contribution in [0.3, 0.4) is 0 Å². The molecule has 0 N–H and O–H groups in total. The van der Waals surface area contributed by atoms with Gasteiger partial charge in [-0.1, -0.05) is 6.92 Å². The molecular weight excluding hydrogens is 140 g/mol. The van der Waals surface area contributed by atoms with E-state index in [0.29, 0.717) is 11.6 Å². The van der Waals surface area contributed by atoms with Gasteiger partial charge in [-0.25, -0.2) is 0 Å². The number of hydrogen-bond donors (Lipinski definition) is 0. The van der Waals surface area contributed by atoms with Crippen molar-refractivity contribution in [3.8, 4) is 0 Å². The van der Waals surface area contributed by atoms with Gasteiger partial charge < -0.3 is 10.3 Å². The van der Waals surface area contributed by atoms with Crippen LogP contribution in [0.15, 0.2) is 0 Å². The van der Waals surface area contributed by atoms with Crippen molar-refractivity contribution in [3.63, 3.8) is 0 Å². The Kier molecular flexibility index (Phi) is 2.55. The van der Waals surface area contributed by atoms with Crippen molar-refractivity contribution in [2.75, 3.05) is 0 Å². The van der Waals surface area contributed by atoms with Crippen molar-refractivity contribution in [2.45, 2.75) is 26.2 Å². The van der Waals surface area contributed by atoms with Crippen molar-refractivity contribution in [2.24, 2.45) is 11.8 Å². The summed E-state index contributed by atoms with van der Waals surface area (Å²) in [6, 6.07) is 0. The minimum Gasteiger partial charge on any atom is -0.362 e. The molecular formula is C8H12N2O. The van der Waals surface area contributed by atoms with E-state index in [4.69, 9.17) is 5.53 Å². The zero-order chi connectivity index (χ0) is 8.27. The van der Waals surface area contributed by atoms with Crippen LogP contribution in [0.4, 0.5) is 0 Å². The van der Waals surface area contributed by atoms with E-state index in [1.165, 1.54) is 0 Å². The summed E-state index contributed by atoms with van der Waals surface area (Å²) in [5.41, 5.74) is 9.16. The van der Waals surface area contributed by atoms with Gasteiger partial charge in [0.15, 0.2) is 0 Å². The van der Waals surface area contributed by atoms with Gasteiger partial charge in [0, 0.05) is 6.42 Å². The Morgan fingerprint density at radius 1 is 1.73 bits per heavy atom. The summed E-state index contributed by atoms with van der Waals surface area (Å²) in [4.78, 5) is 13.6. The maximum absolute atomic E-state index is 10.5. The van der Waals surface area contributed by atoms with Gasteiger partial charge in [-0.15, -0.1) is 0 Å². The second kappa shape index (κ2) is 3.44. The van der Waals surface area contributed by atoms with E-state index in [1.54, 1.807) is 0 Å². The highest BCUT2D eigenvalue weighted by atomic mass is 16.1. The SMILES string of the molecule is CC1CCC(=[N+]=[N-])C(C=O)C1. The molecule has 0 heterocycles. The molecule has 0 bridgehead atoms. The highest BCUT2D eigenvalue weighted by molar-refractivity contribution is 5.94. The van der Waals surface area contributed by atoms with Crippen LogP contribution >= 0.6 is 0 Å². The predicted molar refractivity (Wildman–Crippen MR) is 41.2 cm³/mol. The van der Waals surface area contributed by atoms with Gasteiger partial charge in [0.25, 0.3) is 5.71 Å². The molecule has 2 atom stereocenters. The average Bonchev–Trinajstić information content (AvgIpc) is 2.04. The number of aldehydes is 1. The first-order valence-corrected chi connectivity index (χ1v) is 3.94. The molecule has 0 aromatic heterocycles. The van der Waals surface area contributed by atoms with Crippen LogP contribution in [-0.4, -0.2) is 16.8 Å². The highest BCUT2D eigenvalue weighted by Gasteiger charge is 2.29. The zero-order valence-electron chi connectivity index (χ0n) is 6.66. The minimum atomic E-state index is -0.135. The van der Waals surface area contributed by atoms with Crippen LogP contribution < -0.4 is 0 Å². The fourth-order valence-electron chi connectivity index (χ4n) is 1.53. The first-order chi connectivity index (χ1) is 5.27. The van der Waals surface area contributed by atoms with Gasteiger partial charge in [0.05, 0.1) is 0 Å². The fraction of sp³-hybridized carbons (Fsp3) is 0.750. The van der Waals surface area contributed by atoms with E-state index in [1.807, 2.05) is 0 Å². The average molecular weight is 152 g/mol. The van der Waals surface area contributed by atoms with E-state index in [-0.39, 0.29) is 5.92 Å². The maximum atomic E-state index is 10.5. The summed E-state index contributed by atoms with van der Waals surface area (Å²) < 4.78 is 0. The van der Waals surface area contributed by atoms with Gasteiger partial charge in [-0.2, -0.15) is 4.79 Å². The summed E-state index contributed by atoms with van der Waals surface area (Å²) in [7, 11) is 0. The molecule has 11 heavy (non-hydrogen) atoms. The molecule has 0 aromatic rings. The Hall–Kier alpha value is -0.950. The lowest BCUT2D eigenvalue weighted by molar-refractivity contribution is -0.111. The second-order valence-corrected chi connectivity index (χ2v) is 3.21. The number of carbonyl (C=O) groups is 1. The molecule has 1 saturated carbocycles. The standard InChI is InChI=1S/C8H12N2O/c1-6-2-3-8(10-9)7(4-6)5-11/h5-7H,2-4H2,1H3. The van der Waals surface area contributed by atoms with Crippen LogP contribution in [0.5, 0.6) is 0 Å². The molecule has 0 aromatic carbocycles. The van der Waals surface area contributed by atoms with E-state index in [0.717, 1.165) is 25.5 Å². The lowest BCUT2D eigenvalue weighted by Crippen LogP contribution is -2.25. The molecule has 1 aliphatic rings. The molecule has 0 saturated heterocycles. The molecule has 1 fully saturated rings. The fourth-order valence-corrected chi connectivity index (χ4v) is 1.53. The Bertz CT molecular complexity index is 206. The normalized spacial score (nSPS) is 31.2. The molecule has 1 aliphatic carbocycles. The molecule has 3 nitrogen and oxygen atoms in total. The summed E-state index contributed by atoms with van der Waals surface area (Å²) >= 11 is 0. The number of carbonyl (C=O) groups excluding carboxylic acids is 1. The number of hydrogen-bond acceptors (Lipinski definition) is 1. The number of rotatable bonds is 1. The first kappa shape index (κ1) is 8.15. The largest absolute Gasteiger partial charge is 0.362 e. The first-order valence-electron chi connectivity index (χ1n) is 3.94. The van der Waals surface area contributed by atoms with E-state index in [9.17, 15) is 4.79 Å². The van der Waals surface area contributed by atoms with Crippen LogP contribution in [0, 0.1) is 11.8 Å². The third-order valence-corrected chi connectivity index (χ3v) is 2.27. The van der Waals surface area contributed by atoms with Gasteiger partial charge in [0.1, 0.15) is 12.2 Å². The summed E-state index contributed by atoms with van der Waals surface area (Å²) in [5.74, 6) is 0.444. The van der Waals surface area contributed by atoms with Gasteiger partial charge in [-0.3, -0.25) is 0 Å². The van der Waals surface area contributed by atoms with Crippen molar-refractivity contribution in [3.05, 3.63) is 5.53 Å². The molecule has 0 aliphatic heterocycles. The summed E-state index contributed by atoms with van der Waals surface area (Å²) in [6.07, 6.45) is 3.51. The Morgan fingerprint density at radius 3 is 3.00 bits per heavy atom. The molecule has 3 heteroatoms. The van der Waals surface area contributed by atoms with E-state index < -0.39 is 0 Å². The molecule has 1 rings (SSSR count). The van der Waals surface area contributed by atoms with Crippen molar-refractivity contribution in [1.29, 1.82) is 0 Å². The zero-order valence-corrected chi connectivity index (χ0v) is 6.66. The highest BCUT2D eigenvalue weighted by Crippen LogP contribution is 2.24. The van der Waals surface area contributed by atoms with Gasteiger partial charge in [-0.05, 0) is 18.8 Å². The van der Waals surface area contributed by atoms with Gasteiger partial charge >= 0.3 is 0 Å². The predicted octanol–water partition coefficient (Wildman–Crippen LogP) is 1.29. The van der Waals surface area contributed by atoms with E-state index >= 15 is 0 Å². The second-order valence-electron chi connectivity index (χ2n) is 3.21. The monoisotopic (exact) mass is 152 g/mol. The van der Waals surface area contributed by atoms with E-state index in [2.05, 4.69) is 11.7 Å². The molecule has 0 radical (unpaired) electrons. The van der Waals surface area contributed by atoms with Crippen LogP contribution in [0.1, 0.15) is 26.2 Å². The third kappa shape index (κ3) is 1.75. The maximum Gasteiger partial charge on any atom is 0.278 e. The van der Waals surface area contributed by atoms with Crippen LogP contribution in [0.25, 0.3) is 5.53 Å². The minimum absolute atomic E-state index is 0.135. The third-order valence-electron chi connectivity index (χ3n) is 2.27. The van der Waals surface area contributed by atoms with Crippen LogP contribution in [0.2, 0.25) is 0 Å². The van der Waals surface area contributed by atoms with Crippen molar-refractivity contribution < 1.29 is 9.58 Å². The molecule has 60 valence electrons. The summed E-state index contributed by atoms with van der Waals surface area (Å²) in [5, 5.41) is 0. The Labute approximate surface area is 66.0 Å². The smallest absolute Gasteiger partial charge is 0.278 e. The molecule has 0 amide bonds. The molecule has 2 unspecified atom stereocenters. The quantitative estimate of drug-likeness (QED) is 0.317. The Balaban J connectivity index is 2.70. The Morgan fingerprint density at radius 2 is 2.45 bits per heavy atom.